The Morgan fingerprint density at radius 3 is 2.15 bits per heavy atom. The van der Waals surface area contributed by atoms with Crippen LogP contribution in [-0.4, -0.2) is 25.1 Å². The molecule has 1 amide bonds. The molecule has 7 heteroatoms. The van der Waals surface area contributed by atoms with E-state index in [1.165, 1.54) is 0 Å². The van der Waals surface area contributed by atoms with Crippen LogP contribution >= 0.6 is 23.2 Å². The summed E-state index contributed by atoms with van der Waals surface area (Å²) < 4.78 is 10.7. The van der Waals surface area contributed by atoms with Crippen LogP contribution < -0.4 is 9.64 Å². The van der Waals surface area contributed by atoms with Crippen LogP contribution in [0.15, 0.2) is 66.7 Å². The number of benzene rings is 3. The van der Waals surface area contributed by atoms with Gasteiger partial charge in [0.1, 0.15) is 5.75 Å². The van der Waals surface area contributed by atoms with Crippen molar-refractivity contribution in [3.05, 3.63) is 93.5 Å². The molecule has 0 unspecified atom stereocenters. The van der Waals surface area contributed by atoms with Gasteiger partial charge in [0.15, 0.2) is 0 Å². The second-order valence-corrected chi connectivity index (χ2v) is 8.11. The van der Waals surface area contributed by atoms with Crippen molar-refractivity contribution in [1.29, 1.82) is 0 Å². The minimum Gasteiger partial charge on any atom is -0.494 e. The summed E-state index contributed by atoms with van der Waals surface area (Å²) in [5.41, 5.74) is 2.27. The normalized spacial score (nSPS) is 10.5. The minimum atomic E-state index is -0.412. The Labute approximate surface area is 203 Å². The molecule has 0 aliphatic carbocycles. The summed E-state index contributed by atoms with van der Waals surface area (Å²) in [6, 6.07) is 18.9. The highest BCUT2D eigenvalue weighted by molar-refractivity contribution is 6.35. The number of hydrogen-bond donors (Lipinski definition) is 0. The summed E-state index contributed by atoms with van der Waals surface area (Å²) in [7, 11) is 0. The first-order valence-electron chi connectivity index (χ1n) is 10.7. The number of halogens is 2. The predicted octanol–water partition coefficient (Wildman–Crippen LogP) is 6.81. The second kappa shape index (κ2) is 11.7. The number of anilines is 1. The van der Waals surface area contributed by atoms with Crippen LogP contribution in [0.1, 0.15) is 46.5 Å². The van der Waals surface area contributed by atoms with Gasteiger partial charge in [-0.2, -0.15) is 0 Å². The standard InChI is InChI=1S/C26H25Cl2NO4/c1-3-15-33-23-13-8-18(9-14-23)25(30)29(17-20-5-10-21(27)16-24(20)28)22-11-6-19(7-12-22)26(31)32-4-2/h5-14,16H,3-4,15,17H2,1-2H3. The Hall–Kier alpha value is -3.02. The summed E-state index contributed by atoms with van der Waals surface area (Å²) in [6.45, 7) is 4.91. The Balaban J connectivity index is 1.92. The molecule has 3 aromatic rings. The summed E-state index contributed by atoms with van der Waals surface area (Å²) >= 11 is 12.4. The molecule has 0 aliphatic heterocycles. The fraction of sp³-hybridized carbons (Fsp3) is 0.231. The molecule has 0 spiro atoms. The molecule has 0 heterocycles. The number of ether oxygens (including phenoxy) is 2. The fourth-order valence-electron chi connectivity index (χ4n) is 3.16. The highest BCUT2D eigenvalue weighted by Gasteiger charge is 2.20. The van der Waals surface area contributed by atoms with E-state index in [9.17, 15) is 9.59 Å². The highest BCUT2D eigenvalue weighted by atomic mass is 35.5. The molecule has 5 nitrogen and oxygen atoms in total. The molecule has 0 saturated heterocycles. The maximum Gasteiger partial charge on any atom is 0.338 e. The molecule has 33 heavy (non-hydrogen) atoms. The van der Waals surface area contributed by atoms with Crippen LogP contribution in [0.25, 0.3) is 0 Å². The Bertz CT molecular complexity index is 1100. The molecule has 0 aliphatic rings. The molecule has 0 bridgehead atoms. The zero-order valence-corrected chi connectivity index (χ0v) is 20.0. The molecule has 0 N–H and O–H groups in total. The van der Waals surface area contributed by atoms with E-state index in [1.54, 1.807) is 78.6 Å². The van der Waals surface area contributed by atoms with Crippen LogP contribution in [-0.2, 0) is 11.3 Å². The average Bonchev–Trinajstić information content (AvgIpc) is 2.82. The van der Waals surface area contributed by atoms with Crippen molar-refractivity contribution < 1.29 is 19.1 Å². The van der Waals surface area contributed by atoms with Gasteiger partial charge in [0.05, 0.1) is 25.3 Å². The largest absolute Gasteiger partial charge is 0.494 e. The van der Waals surface area contributed by atoms with Crippen molar-refractivity contribution in [2.45, 2.75) is 26.8 Å². The van der Waals surface area contributed by atoms with E-state index < -0.39 is 5.97 Å². The second-order valence-electron chi connectivity index (χ2n) is 7.27. The van der Waals surface area contributed by atoms with Gasteiger partial charge in [-0.15, -0.1) is 0 Å². The van der Waals surface area contributed by atoms with Crippen LogP contribution in [0.4, 0.5) is 5.69 Å². The Morgan fingerprint density at radius 1 is 0.879 bits per heavy atom. The number of nitrogens with zero attached hydrogens (tertiary/aromatic N) is 1. The van der Waals surface area contributed by atoms with Crippen molar-refractivity contribution in [1.82, 2.24) is 0 Å². The van der Waals surface area contributed by atoms with E-state index in [1.807, 2.05) is 6.92 Å². The third kappa shape index (κ3) is 6.50. The maximum absolute atomic E-state index is 13.5. The van der Waals surface area contributed by atoms with Crippen molar-refractivity contribution >= 4 is 40.8 Å². The molecule has 0 saturated carbocycles. The lowest BCUT2D eigenvalue weighted by Gasteiger charge is -2.24. The Kier molecular flexibility index (Phi) is 8.75. The summed E-state index contributed by atoms with van der Waals surface area (Å²) in [5.74, 6) is 0.0803. The number of amides is 1. The molecular formula is C26H25Cl2NO4. The molecule has 3 rings (SSSR count). The Morgan fingerprint density at radius 2 is 1.55 bits per heavy atom. The zero-order chi connectivity index (χ0) is 23.8. The van der Waals surface area contributed by atoms with Crippen molar-refractivity contribution in [2.24, 2.45) is 0 Å². The lowest BCUT2D eigenvalue weighted by molar-refractivity contribution is 0.0526. The summed E-state index contributed by atoms with van der Waals surface area (Å²) in [6.07, 6.45) is 0.901. The quantitative estimate of drug-likeness (QED) is 0.312. The van der Waals surface area contributed by atoms with Gasteiger partial charge in [-0.1, -0.05) is 36.2 Å². The van der Waals surface area contributed by atoms with Gasteiger partial charge < -0.3 is 14.4 Å². The third-order valence-corrected chi connectivity index (χ3v) is 5.44. The number of rotatable bonds is 9. The maximum atomic E-state index is 13.5. The van der Waals surface area contributed by atoms with E-state index in [0.29, 0.717) is 39.2 Å². The first-order chi connectivity index (χ1) is 15.9. The van der Waals surface area contributed by atoms with E-state index in [2.05, 4.69) is 0 Å². The first-order valence-corrected chi connectivity index (χ1v) is 11.4. The van der Waals surface area contributed by atoms with Crippen LogP contribution in [0.5, 0.6) is 5.75 Å². The molecule has 0 radical (unpaired) electrons. The van der Waals surface area contributed by atoms with Crippen LogP contribution in [0.2, 0.25) is 10.0 Å². The van der Waals surface area contributed by atoms with Gasteiger partial charge in [-0.05, 0) is 79.6 Å². The molecule has 172 valence electrons. The van der Waals surface area contributed by atoms with Gasteiger partial charge in [0, 0.05) is 21.3 Å². The highest BCUT2D eigenvalue weighted by Crippen LogP contribution is 2.27. The van der Waals surface area contributed by atoms with E-state index in [4.69, 9.17) is 32.7 Å². The third-order valence-electron chi connectivity index (χ3n) is 4.85. The monoisotopic (exact) mass is 485 g/mol. The van der Waals surface area contributed by atoms with Gasteiger partial charge >= 0.3 is 5.97 Å². The fourth-order valence-corrected chi connectivity index (χ4v) is 3.63. The smallest absolute Gasteiger partial charge is 0.338 e. The molecule has 0 atom stereocenters. The number of esters is 1. The van der Waals surface area contributed by atoms with Crippen molar-refractivity contribution in [3.8, 4) is 5.75 Å². The molecular weight excluding hydrogens is 461 g/mol. The van der Waals surface area contributed by atoms with Crippen LogP contribution in [0, 0.1) is 0 Å². The number of hydrogen-bond acceptors (Lipinski definition) is 4. The lowest BCUT2D eigenvalue weighted by atomic mass is 10.1. The van der Waals surface area contributed by atoms with E-state index >= 15 is 0 Å². The van der Waals surface area contributed by atoms with Gasteiger partial charge in [0.25, 0.3) is 5.91 Å². The molecule has 0 aromatic heterocycles. The molecule has 0 fully saturated rings. The average molecular weight is 486 g/mol. The lowest BCUT2D eigenvalue weighted by Crippen LogP contribution is -2.30. The number of carbonyl (C=O) groups excluding carboxylic acids is 2. The van der Waals surface area contributed by atoms with Gasteiger partial charge in [-0.3, -0.25) is 4.79 Å². The zero-order valence-electron chi connectivity index (χ0n) is 18.5. The minimum absolute atomic E-state index is 0.216. The first kappa shape index (κ1) is 24.6. The van der Waals surface area contributed by atoms with E-state index in [-0.39, 0.29) is 19.1 Å². The van der Waals surface area contributed by atoms with Gasteiger partial charge in [0.2, 0.25) is 0 Å². The number of carbonyl (C=O) groups is 2. The van der Waals surface area contributed by atoms with Gasteiger partial charge in [-0.25, -0.2) is 4.79 Å². The SMILES string of the molecule is CCCOc1ccc(C(=O)N(Cc2ccc(Cl)cc2Cl)c2ccc(C(=O)OCC)cc2)cc1. The summed E-state index contributed by atoms with van der Waals surface area (Å²) in [4.78, 5) is 27.1. The van der Waals surface area contributed by atoms with Crippen LogP contribution in [0.3, 0.4) is 0 Å². The van der Waals surface area contributed by atoms with E-state index in [0.717, 1.165) is 12.0 Å². The van der Waals surface area contributed by atoms with Crippen molar-refractivity contribution in [2.75, 3.05) is 18.1 Å². The predicted molar refractivity (Wildman–Crippen MR) is 132 cm³/mol. The molecule has 3 aromatic carbocycles. The van der Waals surface area contributed by atoms with Crippen molar-refractivity contribution in [3.63, 3.8) is 0 Å². The topological polar surface area (TPSA) is 55.8 Å². The summed E-state index contributed by atoms with van der Waals surface area (Å²) in [5, 5.41) is 0.981.